The van der Waals surface area contributed by atoms with Gasteiger partial charge in [-0.05, 0) is 39.0 Å². The number of alkyl halides is 3. The van der Waals surface area contributed by atoms with Crippen LogP contribution in [0.4, 0.5) is 29.3 Å². The number of ether oxygens (including phenoxy) is 2. The Balaban J connectivity index is 2.29. The zero-order chi connectivity index (χ0) is 24.1. The second kappa shape index (κ2) is 9.47. The lowest BCUT2D eigenvalue weighted by Crippen LogP contribution is -2.40. The number of anilines is 1. The molecule has 1 amide bonds. The highest BCUT2D eigenvalue weighted by Gasteiger charge is 2.31. The van der Waals surface area contributed by atoms with Gasteiger partial charge in [-0.25, -0.2) is 4.79 Å². The van der Waals surface area contributed by atoms with E-state index in [1.54, 1.807) is 20.8 Å². The number of hydrogen-bond acceptors (Lipinski definition) is 6. The van der Waals surface area contributed by atoms with Crippen molar-refractivity contribution in [2.45, 2.75) is 32.5 Å². The molecular weight excluding hydrogens is 431 g/mol. The first-order valence-electron chi connectivity index (χ1n) is 9.12. The van der Waals surface area contributed by atoms with Crippen LogP contribution in [0.2, 0.25) is 0 Å². The Kier molecular flexibility index (Phi) is 7.20. The molecule has 0 bridgehead atoms. The first-order valence-corrected chi connectivity index (χ1v) is 9.12. The van der Waals surface area contributed by atoms with Gasteiger partial charge in [0.15, 0.2) is 6.61 Å². The summed E-state index contributed by atoms with van der Waals surface area (Å²) in [7, 11) is 0. The molecule has 0 aliphatic rings. The summed E-state index contributed by atoms with van der Waals surface area (Å²) in [5, 5.41) is 13.6. The van der Waals surface area contributed by atoms with Crippen LogP contribution >= 0.6 is 0 Å². The second-order valence-corrected chi connectivity index (χ2v) is 7.58. The molecule has 0 heterocycles. The number of carbonyl (C=O) groups is 1. The van der Waals surface area contributed by atoms with Crippen LogP contribution in [-0.4, -0.2) is 23.2 Å². The molecule has 8 nitrogen and oxygen atoms in total. The summed E-state index contributed by atoms with van der Waals surface area (Å²) >= 11 is 0. The third kappa shape index (κ3) is 7.39. The molecule has 0 aliphatic heterocycles. The number of nitrogens with zero attached hydrogens (tertiary/aromatic N) is 1. The number of non-ortho nitro benzene ring substituents is 1. The van der Waals surface area contributed by atoms with E-state index in [2.05, 4.69) is 17.2 Å². The number of nitro groups is 1. The minimum Gasteiger partial charge on any atom is -0.456 e. The highest BCUT2D eigenvalue weighted by atomic mass is 19.4. The summed E-state index contributed by atoms with van der Waals surface area (Å²) in [4.78, 5) is 22.1. The van der Waals surface area contributed by atoms with E-state index in [9.17, 15) is 28.1 Å². The van der Waals surface area contributed by atoms with Gasteiger partial charge in [0.2, 0.25) is 0 Å². The average molecular weight is 451 g/mol. The van der Waals surface area contributed by atoms with Crippen molar-refractivity contribution in [1.29, 1.82) is 0 Å². The van der Waals surface area contributed by atoms with Gasteiger partial charge >= 0.3 is 12.3 Å². The highest BCUT2D eigenvalue weighted by Crippen LogP contribution is 2.36. The highest BCUT2D eigenvalue weighted by molar-refractivity contribution is 5.68. The van der Waals surface area contributed by atoms with Crippen molar-refractivity contribution in [3.05, 3.63) is 57.6 Å². The largest absolute Gasteiger partial charge is 0.456 e. The number of carbonyl (C=O) groups excluding carboxylic acids is 1. The van der Waals surface area contributed by atoms with E-state index in [4.69, 9.17) is 15.2 Å². The van der Waals surface area contributed by atoms with Crippen molar-refractivity contribution in [3.63, 3.8) is 0 Å². The van der Waals surface area contributed by atoms with E-state index in [0.717, 1.165) is 24.3 Å². The van der Waals surface area contributed by atoms with E-state index >= 15 is 0 Å². The molecule has 0 radical (unpaired) electrons. The molecule has 0 atom stereocenters. The van der Waals surface area contributed by atoms with Crippen molar-refractivity contribution < 1.29 is 32.4 Å². The number of benzene rings is 2. The number of alkyl carbamates (subject to hydrolysis) is 1. The number of amides is 1. The van der Waals surface area contributed by atoms with Crippen LogP contribution < -0.4 is 15.8 Å². The fourth-order valence-electron chi connectivity index (χ4n) is 2.37. The van der Waals surface area contributed by atoms with Crippen molar-refractivity contribution in [3.8, 4) is 23.3 Å². The number of hydrogen-bond donors (Lipinski definition) is 2. The summed E-state index contributed by atoms with van der Waals surface area (Å²) in [6.07, 6.45) is -5.35. The van der Waals surface area contributed by atoms with E-state index in [1.807, 2.05) is 0 Å². The molecule has 2 aromatic rings. The quantitative estimate of drug-likeness (QED) is 0.297. The van der Waals surface area contributed by atoms with Crippen molar-refractivity contribution in [2.24, 2.45) is 0 Å². The van der Waals surface area contributed by atoms with E-state index < -0.39 is 28.3 Å². The lowest BCUT2D eigenvalue weighted by atomic mass is 10.1. The molecule has 32 heavy (non-hydrogen) atoms. The molecular formula is C21H20F3N3O5. The van der Waals surface area contributed by atoms with Crippen LogP contribution in [0.3, 0.4) is 0 Å². The van der Waals surface area contributed by atoms with Gasteiger partial charge in [0.25, 0.3) is 5.69 Å². The standard InChI is InChI=1S/C21H20F3N3O5/c1-20(2,3)26-19(28)31-8-4-5-13-9-16(27(29)30)6-7-18(13)32-17-11-14(21(22,23)24)10-15(25)12-17/h6-7,9-12H,8,25H2,1-3H3,(H,26,28). The fourth-order valence-corrected chi connectivity index (χ4v) is 2.37. The molecule has 0 spiro atoms. The minimum atomic E-state index is -4.64. The zero-order valence-electron chi connectivity index (χ0n) is 17.4. The first-order chi connectivity index (χ1) is 14.7. The summed E-state index contributed by atoms with van der Waals surface area (Å²) in [6.45, 7) is 4.94. The van der Waals surface area contributed by atoms with E-state index in [1.165, 1.54) is 12.1 Å². The predicted octanol–water partition coefficient (Wildman–Crippen LogP) is 4.86. The molecule has 2 aromatic carbocycles. The lowest BCUT2D eigenvalue weighted by molar-refractivity contribution is -0.384. The number of nitro benzene ring substituents is 1. The topological polar surface area (TPSA) is 117 Å². The monoisotopic (exact) mass is 451 g/mol. The summed E-state index contributed by atoms with van der Waals surface area (Å²) < 4.78 is 49.5. The predicted molar refractivity (Wildman–Crippen MR) is 110 cm³/mol. The number of rotatable bonds is 4. The van der Waals surface area contributed by atoms with Gasteiger partial charge in [0.1, 0.15) is 11.5 Å². The third-order valence-electron chi connectivity index (χ3n) is 3.63. The van der Waals surface area contributed by atoms with E-state index in [0.29, 0.717) is 0 Å². The van der Waals surface area contributed by atoms with Crippen molar-refractivity contribution >= 4 is 17.5 Å². The van der Waals surface area contributed by atoms with Crippen LogP contribution in [0, 0.1) is 22.0 Å². The third-order valence-corrected chi connectivity index (χ3v) is 3.63. The van der Waals surface area contributed by atoms with Crippen LogP contribution in [0.1, 0.15) is 31.9 Å². The molecule has 0 saturated carbocycles. The molecule has 0 unspecified atom stereocenters. The molecule has 0 aliphatic carbocycles. The van der Waals surface area contributed by atoms with Gasteiger partial charge in [-0.15, -0.1) is 0 Å². The molecule has 0 saturated heterocycles. The SMILES string of the molecule is CC(C)(C)NC(=O)OCC#Cc1cc([N+](=O)[O-])ccc1Oc1cc(N)cc(C(F)(F)F)c1. The summed E-state index contributed by atoms with van der Waals surface area (Å²) in [5.74, 6) is 4.82. The second-order valence-electron chi connectivity index (χ2n) is 7.58. The van der Waals surface area contributed by atoms with E-state index in [-0.39, 0.29) is 35.0 Å². The van der Waals surface area contributed by atoms with Crippen LogP contribution in [0.15, 0.2) is 36.4 Å². The smallest absolute Gasteiger partial charge is 0.416 e. The van der Waals surface area contributed by atoms with Gasteiger partial charge in [-0.2, -0.15) is 13.2 Å². The van der Waals surface area contributed by atoms with Gasteiger partial charge < -0.3 is 20.5 Å². The Hall–Kier alpha value is -3.94. The fraction of sp³-hybridized carbons (Fsp3) is 0.286. The number of halogens is 3. The summed E-state index contributed by atoms with van der Waals surface area (Å²) in [6, 6.07) is 6.08. The molecule has 0 aromatic heterocycles. The Bertz CT molecular complexity index is 1080. The maximum Gasteiger partial charge on any atom is 0.416 e. The maximum atomic E-state index is 13.0. The normalized spacial score (nSPS) is 11.2. The molecule has 3 N–H and O–H groups in total. The van der Waals surface area contributed by atoms with Crippen LogP contribution in [0.5, 0.6) is 11.5 Å². The van der Waals surface area contributed by atoms with Gasteiger partial charge in [-0.1, -0.05) is 11.8 Å². The molecule has 2 rings (SSSR count). The Morgan fingerprint density at radius 2 is 1.88 bits per heavy atom. The maximum absolute atomic E-state index is 13.0. The van der Waals surface area contributed by atoms with Gasteiger partial charge in [0, 0.05) is 29.4 Å². The number of nitrogens with two attached hydrogens (primary N) is 1. The Morgan fingerprint density at radius 3 is 2.47 bits per heavy atom. The summed E-state index contributed by atoms with van der Waals surface area (Å²) in [5.41, 5.74) is 3.52. The van der Waals surface area contributed by atoms with Gasteiger partial charge in [0.05, 0.1) is 16.1 Å². The minimum absolute atomic E-state index is 0.00927. The number of nitrogen functional groups attached to an aromatic ring is 1. The van der Waals surface area contributed by atoms with Gasteiger partial charge in [-0.3, -0.25) is 10.1 Å². The molecule has 0 fully saturated rings. The lowest BCUT2D eigenvalue weighted by Gasteiger charge is -2.19. The molecule has 170 valence electrons. The van der Waals surface area contributed by atoms with Crippen LogP contribution in [-0.2, 0) is 10.9 Å². The molecule has 11 heteroatoms. The van der Waals surface area contributed by atoms with Crippen LogP contribution in [0.25, 0.3) is 0 Å². The Labute approximate surface area is 181 Å². The Morgan fingerprint density at radius 1 is 1.19 bits per heavy atom. The number of nitrogens with one attached hydrogen (secondary N) is 1. The first kappa shape index (κ1) is 24.3. The van der Waals surface area contributed by atoms with Crippen molar-refractivity contribution in [2.75, 3.05) is 12.3 Å². The van der Waals surface area contributed by atoms with Crippen molar-refractivity contribution in [1.82, 2.24) is 5.32 Å². The average Bonchev–Trinajstić information content (AvgIpc) is 2.63. The zero-order valence-corrected chi connectivity index (χ0v) is 17.4.